The van der Waals surface area contributed by atoms with Crippen molar-refractivity contribution < 1.29 is 13.5 Å². The molecule has 5 heteroatoms. The smallest absolute Gasteiger partial charge is 0.165 e. The van der Waals surface area contributed by atoms with E-state index in [1.165, 1.54) is 26.0 Å². The van der Waals surface area contributed by atoms with E-state index >= 15 is 0 Å². The minimum absolute atomic E-state index is 0.226. The molecule has 3 rings (SSSR count). The number of nitrogens with one attached hydrogen (secondary N) is 1. The van der Waals surface area contributed by atoms with Crippen LogP contribution in [0.25, 0.3) is 0 Å². The predicted molar refractivity (Wildman–Crippen MR) is 91.7 cm³/mol. The molecule has 1 fully saturated rings. The molecule has 0 spiro atoms. The van der Waals surface area contributed by atoms with Crippen molar-refractivity contribution in [2.45, 2.75) is 32.4 Å². The molecule has 130 valence electrons. The van der Waals surface area contributed by atoms with E-state index in [1.807, 2.05) is 19.1 Å². The number of likely N-dealkylation sites (tertiary alicyclic amines) is 1. The van der Waals surface area contributed by atoms with Gasteiger partial charge in [-0.3, -0.25) is 4.90 Å². The average Bonchev–Trinajstić information content (AvgIpc) is 3.24. The predicted octanol–water partition coefficient (Wildman–Crippen LogP) is 3.66. The molecule has 2 heterocycles. The first-order valence-electron chi connectivity index (χ1n) is 8.51. The summed E-state index contributed by atoms with van der Waals surface area (Å²) in [5.74, 6) is 1.89. The molecule has 1 atom stereocenters. The second-order valence-corrected chi connectivity index (χ2v) is 6.31. The van der Waals surface area contributed by atoms with Crippen molar-refractivity contribution in [1.82, 2.24) is 10.2 Å². The molecular formula is C19H25FN2O2. The van der Waals surface area contributed by atoms with Crippen molar-refractivity contribution in [2.75, 3.05) is 26.7 Å². The molecule has 4 nitrogen and oxygen atoms in total. The van der Waals surface area contributed by atoms with Gasteiger partial charge in [0.2, 0.25) is 0 Å². The summed E-state index contributed by atoms with van der Waals surface area (Å²) < 4.78 is 24.6. The Morgan fingerprint density at radius 1 is 1.25 bits per heavy atom. The molecular weight excluding hydrogens is 307 g/mol. The number of ether oxygens (including phenoxy) is 1. The normalized spacial score (nSPS) is 16.5. The Morgan fingerprint density at radius 3 is 2.67 bits per heavy atom. The fourth-order valence-corrected chi connectivity index (χ4v) is 3.27. The summed E-state index contributed by atoms with van der Waals surface area (Å²) in [6, 6.07) is 9.37. The molecule has 1 aromatic heterocycles. The van der Waals surface area contributed by atoms with Crippen molar-refractivity contribution in [1.29, 1.82) is 0 Å². The quantitative estimate of drug-likeness (QED) is 0.840. The molecule has 1 unspecified atom stereocenters. The molecule has 1 N–H and O–H groups in total. The molecule has 1 aliphatic rings. The Bertz CT molecular complexity index is 665. The number of halogens is 1. The first kappa shape index (κ1) is 17.0. The first-order chi connectivity index (χ1) is 11.7. The minimum atomic E-state index is -0.324. The monoisotopic (exact) mass is 332 g/mol. The van der Waals surface area contributed by atoms with Crippen LogP contribution in [0.3, 0.4) is 0 Å². The van der Waals surface area contributed by atoms with E-state index in [1.54, 1.807) is 6.07 Å². The van der Waals surface area contributed by atoms with Crippen molar-refractivity contribution >= 4 is 0 Å². The van der Waals surface area contributed by atoms with Gasteiger partial charge in [0.05, 0.1) is 13.2 Å². The van der Waals surface area contributed by atoms with Crippen LogP contribution in [0.1, 0.15) is 36.0 Å². The largest absolute Gasteiger partial charge is 0.494 e. The van der Waals surface area contributed by atoms with Crippen molar-refractivity contribution in [2.24, 2.45) is 0 Å². The van der Waals surface area contributed by atoms with Crippen LogP contribution in [0, 0.1) is 12.7 Å². The summed E-state index contributed by atoms with van der Waals surface area (Å²) in [4.78, 5) is 2.46. The summed E-state index contributed by atoms with van der Waals surface area (Å²) >= 11 is 0. The molecule has 0 aliphatic carbocycles. The van der Waals surface area contributed by atoms with Crippen LogP contribution >= 0.6 is 0 Å². The van der Waals surface area contributed by atoms with Gasteiger partial charge >= 0.3 is 0 Å². The maximum atomic E-state index is 13.8. The molecule has 0 amide bonds. The highest BCUT2D eigenvalue weighted by atomic mass is 19.1. The van der Waals surface area contributed by atoms with Gasteiger partial charge in [-0.2, -0.15) is 0 Å². The van der Waals surface area contributed by atoms with Gasteiger partial charge in [-0.1, -0.05) is 6.07 Å². The zero-order valence-corrected chi connectivity index (χ0v) is 14.3. The van der Waals surface area contributed by atoms with Gasteiger partial charge < -0.3 is 14.5 Å². The van der Waals surface area contributed by atoms with Gasteiger partial charge in [0, 0.05) is 13.1 Å². The number of rotatable bonds is 7. The molecule has 0 bridgehead atoms. The standard InChI is InChI=1S/C19H25FN2O2/c1-14-5-7-19(24-14)17(22-9-3-4-10-22)13-21-12-15-6-8-18(23-2)16(20)11-15/h5-8,11,17,21H,3-4,9-10,12-13H2,1-2H3. The van der Waals surface area contributed by atoms with Gasteiger partial charge in [-0.15, -0.1) is 0 Å². The fourth-order valence-electron chi connectivity index (χ4n) is 3.27. The second kappa shape index (κ2) is 7.81. The van der Waals surface area contributed by atoms with Crippen LogP contribution in [-0.4, -0.2) is 31.6 Å². The Labute approximate surface area is 142 Å². The Balaban J connectivity index is 1.62. The van der Waals surface area contributed by atoms with Gasteiger partial charge in [-0.25, -0.2) is 4.39 Å². The van der Waals surface area contributed by atoms with Gasteiger partial charge in [0.25, 0.3) is 0 Å². The SMILES string of the molecule is COc1ccc(CNCC(c2ccc(C)o2)N2CCCC2)cc1F. The summed E-state index contributed by atoms with van der Waals surface area (Å²) in [5.41, 5.74) is 0.907. The lowest BCUT2D eigenvalue weighted by Gasteiger charge is -2.26. The minimum Gasteiger partial charge on any atom is -0.494 e. The van der Waals surface area contributed by atoms with Crippen LogP contribution in [0.2, 0.25) is 0 Å². The maximum Gasteiger partial charge on any atom is 0.165 e. The molecule has 0 saturated carbocycles. The lowest BCUT2D eigenvalue weighted by molar-refractivity contribution is 0.207. The third kappa shape index (κ3) is 3.97. The Kier molecular flexibility index (Phi) is 5.53. The van der Waals surface area contributed by atoms with Gasteiger partial charge in [-0.05, 0) is 62.7 Å². The number of methoxy groups -OCH3 is 1. The molecule has 1 aromatic carbocycles. The van der Waals surface area contributed by atoms with E-state index in [-0.39, 0.29) is 17.6 Å². The zero-order valence-electron chi connectivity index (χ0n) is 14.3. The van der Waals surface area contributed by atoms with E-state index in [0.717, 1.165) is 36.7 Å². The van der Waals surface area contributed by atoms with E-state index in [0.29, 0.717) is 6.54 Å². The number of nitrogens with zero attached hydrogens (tertiary/aromatic N) is 1. The molecule has 24 heavy (non-hydrogen) atoms. The van der Waals surface area contributed by atoms with Crippen LogP contribution in [0.4, 0.5) is 4.39 Å². The fraction of sp³-hybridized carbons (Fsp3) is 0.474. The van der Waals surface area contributed by atoms with Crippen LogP contribution in [0.15, 0.2) is 34.7 Å². The van der Waals surface area contributed by atoms with E-state index < -0.39 is 0 Å². The first-order valence-corrected chi connectivity index (χ1v) is 8.51. The Morgan fingerprint density at radius 2 is 2.04 bits per heavy atom. The highest BCUT2D eigenvalue weighted by Crippen LogP contribution is 2.26. The van der Waals surface area contributed by atoms with Gasteiger partial charge in [0.15, 0.2) is 11.6 Å². The van der Waals surface area contributed by atoms with Crippen LogP contribution < -0.4 is 10.1 Å². The molecule has 0 radical (unpaired) electrons. The number of hydrogen-bond acceptors (Lipinski definition) is 4. The average molecular weight is 332 g/mol. The van der Waals surface area contributed by atoms with Crippen LogP contribution in [-0.2, 0) is 6.54 Å². The zero-order chi connectivity index (χ0) is 16.9. The van der Waals surface area contributed by atoms with Gasteiger partial charge in [0.1, 0.15) is 11.5 Å². The molecule has 1 aliphatic heterocycles. The lowest BCUT2D eigenvalue weighted by atomic mass is 10.1. The maximum absolute atomic E-state index is 13.8. The lowest BCUT2D eigenvalue weighted by Crippen LogP contribution is -2.33. The van der Waals surface area contributed by atoms with E-state index in [4.69, 9.17) is 9.15 Å². The highest BCUT2D eigenvalue weighted by molar-refractivity contribution is 5.29. The molecule has 1 saturated heterocycles. The highest BCUT2D eigenvalue weighted by Gasteiger charge is 2.25. The number of hydrogen-bond donors (Lipinski definition) is 1. The third-order valence-corrected chi connectivity index (χ3v) is 4.55. The number of aryl methyl sites for hydroxylation is 1. The summed E-state index contributed by atoms with van der Waals surface area (Å²) in [7, 11) is 1.47. The van der Waals surface area contributed by atoms with E-state index in [9.17, 15) is 4.39 Å². The van der Waals surface area contributed by atoms with Crippen molar-refractivity contribution in [3.8, 4) is 5.75 Å². The topological polar surface area (TPSA) is 37.6 Å². The second-order valence-electron chi connectivity index (χ2n) is 6.31. The number of benzene rings is 1. The third-order valence-electron chi connectivity index (χ3n) is 4.55. The van der Waals surface area contributed by atoms with Crippen LogP contribution in [0.5, 0.6) is 5.75 Å². The van der Waals surface area contributed by atoms with Crippen molar-refractivity contribution in [3.05, 3.63) is 53.2 Å². The summed E-state index contributed by atoms with van der Waals surface area (Å²) in [6.07, 6.45) is 2.47. The Hall–Kier alpha value is -1.85. The summed E-state index contributed by atoms with van der Waals surface area (Å²) in [6.45, 7) is 5.57. The molecule has 2 aromatic rings. The van der Waals surface area contributed by atoms with Crippen molar-refractivity contribution in [3.63, 3.8) is 0 Å². The summed E-state index contributed by atoms with van der Waals surface area (Å²) in [5, 5.41) is 3.44. The van der Waals surface area contributed by atoms with E-state index in [2.05, 4.69) is 16.3 Å². The number of furan rings is 1.